The van der Waals surface area contributed by atoms with E-state index >= 15 is 0 Å². The molecular formula is C21H25N3O2S. The molecule has 0 aromatic heterocycles. The minimum atomic E-state index is -0.499. The zero-order chi connectivity index (χ0) is 19.4. The minimum absolute atomic E-state index is 0.0948. The van der Waals surface area contributed by atoms with Crippen LogP contribution >= 0.6 is 11.8 Å². The summed E-state index contributed by atoms with van der Waals surface area (Å²) in [5.74, 6) is -0.594. The molecule has 1 fully saturated rings. The lowest BCUT2D eigenvalue weighted by molar-refractivity contribution is -0.115. The van der Waals surface area contributed by atoms with Crippen molar-refractivity contribution in [2.75, 3.05) is 23.3 Å². The van der Waals surface area contributed by atoms with E-state index < -0.39 is 5.91 Å². The molecule has 27 heavy (non-hydrogen) atoms. The van der Waals surface area contributed by atoms with Gasteiger partial charge in [-0.15, -0.1) is 11.8 Å². The molecule has 1 saturated heterocycles. The van der Waals surface area contributed by atoms with Gasteiger partial charge in [0.2, 0.25) is 11.8 Å². The van der Waals surface area contributed by atoms with Crippen LogP contribution in [0.2, 0.25) is 0 Å². The molecule has 142 valence electrons. The minimum Gasteiger partial charge on any atom is -0.370 e. The first-order valence-electron chi connectivity index (χ1n) is 9.17. The lowest BCUT2D eigenvalue weighted by atomic mass is 10.1. The second-order valence-electron chi connectivity index (χ2n) is 6.85. The maximum absolute atomic E-state index is 12.8. The molecule has 6 heteroatoms. The van der Waals surface area contributed by atoms with Crippen LogP contribution in [0.15, 0.2) is 47.4 Å². The van der Waals surface area contributed by atoms with E-state index in [1.807, 2.05) is 44.2 Å². The lowest BCUT2D eigenvalue weighted by Gasteiger charge is -2.23. The summed E-state index contributed by atoms with van der Waals surface area (Å²) in [6.07, 6.45) is 2.26. The Morgan fingerprint density at radius 2 is 1.78 bits per heavy atom. The highest BCUT2D eigenvalue weighted by Crippen LogP contribution is 2.31. The average Bonchev–Trinajstić information content (AvgIpc) is 3.18. The molecule has 5 nitrogen and oxygen atoms in total. The van der Waals surface area contributed by atoms with Gasteiger partial charge in [0.15, 0.2) is 0 Å². The van der Waals surface area contributed by atoms with Gasteiger partial charge in [0, 0.05) is 23.5 Å². The van der Waals surface area contributed by atoms with E-state index in [1.54, 1.807) is 12.1 Å². The summed E-state index contributed by atoms with van der Waals surface area (Å²) in [5, 5.41) is 2.74. The molecule has 1 atom stereocenters. The fourth-order valence-corrected chi connectivity index (χ4v) is 4.00. The maximum atomic E-state index is 12.8. The van der Waals surface area contributed by atoms with Crippen molar-refractivity contribution in [1.82, 2.24) is 0 Å². The monoisotopic (exact) mass is 383 g/mol. The number of carbonyl (C=O) groups excluding carboxylic acids is 2. The van der Waals surface area contributed by atoms with Crippen molar-refractivity contribution >= 4 is 35.0 Å². The number of aryl methyl sites for hydroxylation is 1. The van der Waals surface area contributed by atoms with Gasteiger partial charge in [0.05, 0.1) is 16.6 Å². The molecule has 3 N–H and O–H groups in total. The number of nitrogens with two attached hydrogens (primary N) is 1. The Morgan fingerprint density at radius 1 is 1.11 bits per heavy atom. The van der Waals surface area contributed by atoms with E-state index in [4.69, 9.17) is 5.73 Å². The largest absolute Gasteiger partial charge is 0.370 e. The van der Waals surface area contributed by atoms with Crippen LogP contribution in [0.1, 0.15) is 35.7 Å². The SMILES string of the molecule is Cc1ccc(SC(C)C(=O)Nc2cc(C(N)=O)ccc2N2CCCC2)cc1. The van der Waals surface area contributed by atoms with Gasteiger partial charge >= 0.3 is 0 Å². The van der Waals surface area contributed by atoms with Gasteiger partial charge in [-0.05, 0) is 57.0 Å². The predicted octanol–water partition coefficient (Wildman–Crippen LogP) is 3.81. The van der Waals surface area contributed by atoms with Crippen molar-refractivity contribution in [3.8, 4) is 0 Å². The molecule has 1 aliphatic rings. The molecule has 1 unspecified atom stereocenters. The fourth-order valence-electron chi connectivity index (χ4n) is 3.13. The number of primary amides is 1. The second kappa shape index (κ2) is 8.48. The summed E-state index contributed by atoms with van der Waals surface area (Å²) in [4.78, 5) is 27.6. The zero-order valence-corrected chi connectivity index (χ0v) is 16.5. The van der Waals surface area contributed by atoms with Crippen LogP contribution in [-0.2, 0) is 4.79 Å². The van der Waals surface area contributed by atoms with Gasteiger partial charge in [-0.3, -0.25) is 9.59 Å². The van der Waals surface area contributed by atoms with Crippen molar-refractivity contribution in [2.24, 2.45) is 5.73 Å². The topological polar surface area (TPSA) is 75.4 Å². The van der Waals surface area contributed by atoms with Gasteiger partial charge in [-0.1, -0.05) is 17.7 Å². The molecule has 0 aliphatic carbocycles. The van der Waals surface area contributed by atoms with Crippen molar-refractivity contribution in [3.05, 3.63) is 53.6 Å². The number of nitrogens with one attached hydrogen (secondary N) is 1. The highest BCUT2D eigenvalue weighted by molar-refractivity contribution is 8.00. The summed E-state index contributed by atoms with van der Waals surface area (Å²) in [7, 11) is 0. The molecule has 2 aromatic rings. The standard InChI is InChI=1S/C21H25N3O2S/c1-14-5-8-17(9-6-14)27-15(2)21(26)23-18-13-16(20(22)25)7-10-19(18)24-11-3-4-12-24/h5-10,13,15H,3-4,11-12H2,1-2H3,(H2,22,25)(H,23,26). The van der Waals surface area contributed by atoms with Gasteiger partial charge < -0.3 is 16.0 Å². The van der Waals surface area contributed by atoms with Gasteiger partial charge in [-0.25, -0.2) is 0 Å². The highest BCUT2D eigenvalue weighted by Gasteiger charge is 2.21. The Labute approximate surface area is 164 Å². The lowest BCUT2D eigenvalue weighted by Crippen LogP contribution is -2.26. The van der Waals surface area contributed by atoms with Gasteiger partial charge in [0.25, 0.3) is 0 Å². The normalized spacial score (nSPS) is 14.8. The third-order valence-corrected chi connectivity index (χ3v) is 5.80. The van der Waals surface area contributed by atoms with E-state index in [9.17, 15) is 9.59 Å². The second-order valence-corrected chi connectivity index (χ2v) is 8.27. The molecule has 1 aliphatic heterocycles. The molecule has 2 aromatic carbocycles. The first-order chi connectivity index (χ1) is 12.9. The third kappa shape index (κ3) is 4.83. The van der Waals surface area contributed by atoms with Crippen molar-refractivity contribution in [3.63, 3.8) is 0 Å². The number of carbonyl (C=O) groups is 2. The van der Waals surface area contributed by atoms with Crippen LogP contribution in [0.4, 0.5) is 11.4 Å². The van der Waals surface area contributed by atoms with Crippen LogP contribution < -0.4 is 16.0 Å². The summed E-state index contributed by atoms with van der Waals surface area (Å²) in [6, 6.07) is 13.4. The number of hydrogen-bond acceptors (Lipinski definition) is 4. The molecule has 3 rings (SSSR count). The van der Waals surface area contributed by atoms with Crippen LogP contribution in [0.25, 0.3) is 0 Å². The third-order valence-electron chi connectivity index (χ3n) is 4.69. The number of hydrogen-bond donors (Lipinski definition) is 2. The Hall–Kier alpha value is -2.47. The number of nitrogens with zero attached hydrogens (tertiary/aromatic N) is 1. The molecule has 0 saturated carbocycles. The predicted molar refractivity (Wildman–Crippen MR) is 112 cm³/mol. The van der Waals surface area contributed by atoms with Crippen LogP contribution in [-0.4, -0.2) is 30.2 Å². The molecule has 1 heterocycles. The van der Waals surface area contributed by atoms with E-state index in [2.05, 4.69) is 10.2 Å². The maximum Gasteiger partial charge on any atom is 0.248 e. The Morgan fingerprint density at radius 3 is 2.41 bits per heavy atom. The number of benzene rings is 2. The summed E-state index contributed by atoms with van der Waals surface area (Å²) >= 11 is 1.51. The Kier molecular flexibility index (Phi) is 6.06. The zero-order valence-electron chi connectivity index (χ0n) is 15.7. The van der Waals surface area contributed by atoms with E-state index in [0.717, 1.165) is 36.5 Å². The van der Waals surface area contributed by atoms with Gasteiger partial charge in [0.1, 0.15) is 0 Å². The smallest absolute Gasteiger partial charge is 0.248 e. The van der Waals surface area contributed by atoms with Crippen molar-refractivity contribution < 1.29 is 9.59 Å². The number of anilines is 2. The number of amides is 2. The molecule has 0 spiro atoms. The van der Waals surface area contributed by atoms with Crippen LogP contribution in [0, 0.1) is 6.92 Å². The summed E-state index contributed by atoms with van der Waals surface area (Å²) in [5.41, 5.74) is 8.60. The molecule has 2 amide bonds. The first kappa shape index (κ1) is 19.3. The Bertz CT molecular complexity index is 830. The fraction of sp³-hybridized carbons (Fsp3) is 0.333. The molecule has 0 radical (unpaired) electrons. The average molecular weight is 384 g/mol. The van der Waals surface area contributed by atoms with E-state index in [-0.39, 0.29) is 11.2 Å². The highest BCUT2D eigenvalue weighted by atomic mass is 32.2. The van der Waals surface area contributed by atoms with Crippen molar-refractivity contribution in [2.45, 2.75) is 36.8 Å². The van der Waals surface area contributed by atoms with E-state index in [1.165, 1.54) is 17.3 Å². The summed E-state index contributed by atoms with van der Waals surface area (Å²) in [6.45, 7) is 5.82. The number of thioether (sulfide) groups is 1. The van der Waals surface area contributed by atoms with Crippen LogP contribution in [0.5, 0.6) is 0 Å². The van der Waals surface area contributed by atoms with Crippen molar-refractivity contribution in [1.29, 1.82) is 0 Å². The first-order valence-corrected chi connectivity index (χ1v) is 10.0. The van der Waals surface area contributed by atoms with Crippen LogP contribution in [0.3, 0.4) is 0 Å². The molecular weight excluding hydrogens is 358 g/mol. The molecule has 0 bridgehead atoms. The van der Waals surface area contributed by atoms with Gasteiger partial charge in [-0.2, -0.15) is 0 Å². The van der Waals surface area contributed by atoms with E-state index in [0.29, 0.717) is 11.3 Å². The summed E-state index contributed by atoms with van der Waals surface area (Å²) < 4.78 is 0. The number of rotatable bonds is 6. The quantitative estimate of drug-likeness (QED) is 0.744. The Balaban J connectivity index is 1.77.